The molecule has 0 radical (unpaired) electrons. The lowest BCUT2D eigenvalue weighted by atomic mass is 10.1. The molecule has 0 saturated heterocycles. The van der Waals surface area contributed by atoms with Crippen LogP contribution in [0.5, 0.6) is 11.5 Å². The summed E-state index contributed by atoms with van der Waals surface area (Å²) in [6.07, 6.45) is 0. The average molecular weight is 480 g/mol. The summed E-state index contributed by atoms with van der Waals surface area (Å²) in [5.74, 6) is -1.75. The maximum atomic E-state index is 13.2. The number of halogens is 1. The van der Waals surface area contributed by atoms with E-state index in [-0.39, 0.29) is 45.0 Å². The van der Waals surface area contributed by atoms with Gasteiger partial charge in [0.2, 0.25) is 5.91 Å². The Kier molecular flexibility index (Phi) is 6.44. The van der Waals surface area contributed by atoms with Gasteiger partial charge in [0.15, 0.2) is 15.8 Å². The number of aliphatic imine (C=N–C) groups is 1. The van der Waals surface area contributed by atoms with Crippen molar-refractivity contribution in [1.29, 1.82) is 0 Å². The normalized spacial score (nSPS) is 13.9. The van der Waals surface area contributed by atoms with Crippen molar-refractivity contribution in [3.8, 4) is 11.5 Å². The second kappa shape index (κ2) is 8.77. The first kappa shape index (κ1) is 23.5. The Bertz CT molecular complexity index is 1250. The number of fused-ring (bicyclic) bond motifs is 2. The van der Waals surface area contributed by atoms with E-state index in [1.165, 1.54) is 24.3 Å². The third kappa shape index (κ3) is 5.01. The highest BCUT2D eigenvalue weighted by atomic mass is 35.5. The molecule has 0 bridgehead atoms. The standard InChI is InChI=1S/C20H22ClN5O5S/c1-10-4-11(19(28)25-20(22)23)6-15-17(10)31-18-12(9-32(15,29)30)5-13(7-14(18)21)24-16(27)8-26(2)3/h4-7H,8-9H2,1-3H3,(H,24,27)(H4,22,23,25,28). The summed E-state index contributed by atoms with van der Waals surface area (Å²) in [6.45, 7) is 1.73. The molecule has 0 unspecified atom stereocenters. The maximum Gasteiger partial charge on any atom is 0.280 e. The zero-order valence-electron chi connectivity index (χ0n) is 17.6. The predicted octanol–water partition coefficient (Wildman–Crippen LogP) is 1.64. The number of carbonyl (C=O) groups is 2. The van der Waals surface area contributed by atoms with Crippen molar-refractivity contribution in [2.75, 3.05) is 26.0 Å². The topological polar surface area (TPSA) is 157 Å². The van der Waals surface area contributed by atoms with Crippen molar-refractivity contribution in [2.24, 2.45) is 16.5 Å². The van der Waals surface area contributed by atoms with Crippen LogP contribution >= 0.6 is 11.6 Å². The molecule has 10 nitrogen and oxygen atoms in total. The van der Waals surface area contributed by atoms with Crippen LogP contribution in [0.2, 0.25) is 5.02 Å². The molecule has 0 spiro atoms. The Morgan fingerprint density at radius 2 is 1.88 bits per heavy atom. The van der Waals surface area contributed by atoms with Crippen LogP contribution in [0.4, 0.5) is 5.69 Å². The number of ether oxygens (including phenoxy) is 1. The van der Waals surface area contributed by atoms with Crippen molar-refractivity contribution in [2.45, 2.75) is 17.6 Å². The van der Waals surface area contributed by atoms with Gasteiger partial charge in [0, 0.05) is 16.8 Å². The zero-order valence-corrected chi connectivity index (χ0v) is 19.2. The number of guanidine groups is 1. The van der Waals surface area contributed by atoms with Crippen LogP contribution in [-0.2, 0) is 20.4 Å². The van der Waals surface area contributed by atoms with E-state index in [2.05, 4.69) is 10.3 Å². The van der Waals surface area contributed by atoms with Gasteiger partial charge >= 0.3 is 0 Å². The average Bonchev–Trinajstić information content (AvgIpc) is 2.74. The molecule has 1 aliphatic rings. The van der Waals surface area contributed by atoms with E-state index in [0.29, 0.717) is 11.3 Å². The summed E-state index contributed by atoms with van der Waals surface area (Å²) in [6, 6.07) is 5.58. The van der Waals surface area contributed by atoms with Crippen molar-refractivity contribution in [3.05, 3.63) is 46.0 Å². The molecule has 32 heavy (non-hydrogen) atoms. The molecule has 0 aromatic heterocycles. The second-order valence-corrected chi connectivity index (χ2v) is 9.92. The molecular weight excluding hydrogens is 458 g/mol. The number of hydrogen-bond acceptors (Lipinski definition) is 6. The first-order valence-corrected chi connectivity index (χ1v) is 11.4. The number of benzene rings is 2. The second-order valence-electron chi connectivity index (χ2n) is 7.56. The van der Waals surface area contributed by atoms with Crippen LogP contribution in [0.25, 0.3) is 0 Å². The molecule has 2 aromatic carbocycles. The molecule has 1 heterocycles. The van der Waals surface area contributed by atoms with E-state index in [1.54, 1.807) is 25.9 Å². The summed E-state index contributed by atoms with van der Waals surface area (Å²) in [5.41, 5.74) is 11.5. The zero-order chi connectivity index (χ0) is 23.8. The number of nitrogens with two attached hydrogens (primary N) is 2. The van der Waals surface area contributed by atoms with Crippen LogP contribution in [-0.4, -0.2) is 51.7 Å². The summed E-state index contributed by atoms with van der Waals surface area (Å²) >= 11 is 6.38. The number of anilines is 1. The number of aryl methyl sites for hydroxylation is 1. The molecule has 2 amide bonds. The summed E-state index contributed by atoms with van der Waals surface area (Å²) in [4.78, 5) is 29.3. The van der Waals surface area contributed by atoms with Crippen molar-refractivity contribution >= 4 is 44.9 Å². The van der Waals surface area contributed by atoms with E-state index in [4.69, 9.17) is 27.8 Å². The minimum atomic E-state index is -3.95. The highest BCUT2D eigenvalue weighted by Crippen LogP contribution is 2.44. The molecule has 0 saturated carbocycles. The molecule has 1 aliphatic heterocycles. The van der Waals surface area contributed by atoms with Crippen LogP contribution in [0.1, 0.15) is 21.5 Å². The maximum absolute atomic E-state index is 13.2. The quantitative estimate of drug-likeness (QED) is 0.441. The number of nitrogens with zero attached hydrogens (tertiary/aromatic N) is 2. The number of nitrogens with one attached hydrogen (secondary N) is 1. The number of carbonyl (C=O) groups excluding carboxylic acids is 2. The fourth-order valence-corrected chi connectivity index (χ4v) is 5.07. The monoisotopic (exact) mass is 479 g/mol. The Morgan fingerprint density at radius 1 is 1.19 bits per heavy atom. The minimum Gasteiger partial charge on any atom is -0.454 e. The lowest BCUT2D eigenvalue weighted by Gasteiger charge is -2.15. The first-order chi connectivity index (χ1) is 14.9. The molecule has 170 valence electrons. The molecule has 5 N–H and O–H groups in total. The highest BCUT2D eigenvalue weighted by Gasteiger charge is 2.31. The minimum absolute atomic E-state index is 0.00415. The fourth-order valence-electron chi connectivity index (χ4n) is 3.22. The van der Waals surface area contributed by atoms with Gasteiger partial charge in [0.25, 0.3) is 5.91 Å². The van der Waals surface area contributed by atoms with E-state index >= 15 is 0 Å². The van der Waals surface area contributed by atoms with Gasteiger partial charge in [-0.2, -0.15) is 4.99 Å². The van der Waals surface area contributed by atoms with Gasteiger partial charge in [-0.25, -0.2) is 8.42 Å². The molecule has 0 atom stereocenters. The Labute approximate surface area is 190 Å². The van der Waals surface area contributed by atoms with E-state index in [0.717, 1.165) is 0 Å². The number of likely N-dealkylation sites (N-methyl/N-ethyl adjacent to an activating group) is 1. The van der Waals surface area contributed by atoms with E-state index in [1.807, 2.05) is 0 Å². The van der Waals surface area contributed by atoms with Crippen molar-refractivity contribution < 1.29 is 22.7 Å². The third-order valence-electron chi connectivity index (χ3n) is 4.47. The smallest absolute Gasteiger partial charge is 0.280 e. The van der Waals surface area contributed by atoms with Gasteiger partial charge in [-0.3, -0.25) is 9.59 Å². The van der Waals surface area contributed by atoms with Crippen LogP contribution < -0.4 is 21.5 Å². The molecular formula is C20H22ClN5O5S. The van der Waals surface area contributed by atoms with Crippen LogP contribution in [0, 0.1) is 6.92 Å². The van der Waals surface area contributed by atoms with Gasteiger partial charge in [0.05, 0.1) is 17.3 Å². The molecule has 2 aromatic rings. The van der Waals surface area contributed by atoms with E-state index < -0.39 is 27.5 Å². The van der Waals surface area contributed by atoms with Gasteiger partial charge in [0.1, 0.15) is 16.4 Å². The molecule has 0 fully saturated rings. The summed E-state index contributed by atoms with van der Waals surface area (Å²) < 4.78 is 32.3. The molecule has 0 aliphatic carbocycles. The largest absolute Gasteiger partial charge is 0.454 e. The fraction of sp³-hybridized carbons (Fsp3) is 0.250. The van der Waals surface area contributed by atoms with E-state index in [9.17, 15) is 18.0 Å². The van der Waals surface area contributed by atoms with Gasteiger partial charge < -0.3 is 26.4 Å². The number of rotatable bonds is 4. The van der Waals surface area contributed by atoms with Crippen molar-refractivity contribution in [1.82, 2.24) is 4.90 Å². The Morgan fingerprint density at radius 3 is 2.50 bits per heavy atom. The Hall–Kier alpha value is -3.15. The number of amides is 2. The summed E-state index contributed by atoms with van der Waals surface area (Å²) in [7, 11) is -0.456. The van der Waals surface area contributed by atoms with Gasteiger partial charge in [-0.15, -0.1) is 0 Å². The van der Waals surface area contributed by atoms with Crippen molar-refractivity contribution in [3.63, 3.8) is 0 Å². The lowest BCUT2D eigenvalue weighted by molar-refractivity contribution is -0.116. The van der Waals surface area contributed by atoms with Gasteiger partial charge in [-0.05, 0) is 50.8 Å². The number of sulfone groups is 1. The lowest BCUT2D eigenvalue weighted by Crippen LogP contribution is -2.27. The predicted molar refractivity (Wildman–Crippen MR) is 121 cm³/mol. The van der Waals surface area contributed by atoms with Crippen LogP contribution in [0.3, 0.4) is 0 Å². The Balaban J connectivity index is 2.07. The highest BCUT2D eigenvalue weighted by molar-refractivity contribution is 7.90. The first-order valence-electron chi connectivity index (χ1n) is 9.33. The molecule has 3 rings (SSSR count). The SMILES string of the molecule is Cc1cc(C(=O)N=C(N)N)cc2c1Oc1c(Cl)cc(NC(=O)CN(C)C)cc1CS2(=O)=O. The molecule has 12 heteroatoms. The summed E-state index contributed by atoms with van der Waals surface area (Å²) in [5, 5.41) is 2.82. The van der Waals surface area contributed by atoms with Crippen LogP contribution in [0.15, 0.2) is 34.2 Å². The number of hydrogen-bond donors (Lipinski definition) is 3. The van der Waals surface area contributed by atoms with Gasteiger partial charge in [-0.1, -0.05) is 11.6 Å². The third-order valence-corrected chi connectivity index (χ3v) is 6.41.